The number of sulfonamides is 1. The zero-order chi connectivity index (χ0) is 24.5. The Hall–Kier alpha value is -1.95. The van der Waals surface area contributed by atoms with Crippen LogP contribution in [0, 0.1) is 11.7 Å². The third-order valence-corrected chi connectivity index (χ3v) is 9.11. The van der Waals surface area contributed by atoms with Crippen LogP contribution in [0.25, 0.3) is 0 Å². The molecule has 34 heavy (non-hydrogen) atoms. The van der Waals surface area contributed by atoms with Gasteiger partial charge >= 0.3 is 0 Å². The van der Waals surface area contributed by atoms with Gasteiger partial charge in [-0.15, -0.1) is 11.3 Å². The zero-order valence-electron chi connectivity index (χ0n) is 19.1. The maximum absolute atomic E-state index is 14.9. The van der Waals surface area contributed by atoms with Gasteiger partial charge in [-0.2, -0.15) is 0 Å². The van der Waals surface area contributed by atoms with E-state index in [0.717, 1.165) is 68.7 Å². The number of carbonyl (C=O) groups excluding carboxylic acids is 1. The van der Waals surface area contributed by atoms with Gasteiger partial charge in [0.25, 0.3) is 10.0 Å². The second kappa shape index (κ2) is 10.3. The highest BCUT2D eigenvalue weighted by Crippen LogP contribution is 2.33. The molecule has 8 nitrogen and oxygen atoms in total. The van der Waals surface area contributed by atoms with E-state index in [-0.39, 0.29) is 34.1 Å². The molecule has 0 spiro atoms. The van der Waals surface area contributed by atoms with Crippen LogP contribution in [0.3, 0.4) is 0 Å². The van der Waals surface area contributed by atoms with E-state index in [9.17, 15) is 17.6 Å². The van der Waals surface area contributed by atoms with Crippen LogP contribution in [0.1, 0.15) is 32.1 Å². The van der Waals surface area contributed by atoms with Gasteiger partial charge in [0.15, 0.2) is 5.13 Å². The van der Waals surface area contributed by atoms with Crippen LogP contribution < -0.4 is 10.0 Å². The summed E-state index contributed by atoms with van der Waals surface area (Å²) in [6.07, 6.45) is 5.93. The third-order valence-electron chi connectivity index (χ3n) is 6.62. The standard InChI is InChI=1S/C22H29ClFN5O3S2/c1-28-9-7-14(13-28)21(30)29(2)19-6-4-3-5-17(19)26-18-12-16(24)20(11-15(18)23)34(31,32)27-22-25-8-10-33-22/h8,10-12,14,17,19,26H,3-7,9,13H2,1-2H3,(H,25,27)/t14-,17-,19-/m0/s1. The second-order valence-corrected chi connectivity index (χ2v) is 12.0. The second-order valence-electron chi connectivity index (χ2n) is 9.00. The van der Waals surface area contributed by atoms with E-state index in [2.05, 4.69) is 19.9 Å². The number of thiazole rings is 1. The normalized spacial score (nSPS) is 23.6. The molecule has 2 heterocycles. The van der Waals surface area contributed by atoms with Crippen LogP contribution in [0.2, 0.25) is 5.02 Å². The molecule has 2 fully saturated rings. The third kappa shape index (κ3) is 5.48. The maximum Gasteiger partial charge on any atom is 0.266 e. The molecule has 1 aliphatic heterocycles. The maximum atomic E-state index is 14.9. The number of nitrogens with one attached hydrogen (secondary N) is 2. The molecule has 2 N–H and O–H groups in total. The minimum absolute atomic E-state index is 0.00608. The van der Waals surface area contributed by atoms with Gasteiger partial charge in [0.05, 0.1) is 22.7 Å². The van der Waals surface area contributed by atoms with Crippen LogP contribution >= 0.6 is 22.9 Å². The summed E-state index contributed by atoms with van der Waals surface area (Å²) in [4.78, 5) is 20.4. The fourth-order valence-electron chi connectivity index (χ4n) is 4.82. The lowest BCUT2D eigenvalue weighted by Gasteiger charge is -2.40. The molecule has 0 bridgehead atoms. The minimum Gasteiger partial charge on any atom is -0.379 e. The smallest absolute Gasteiger partial charge is 0.266 e. The molecule has 4 rings (SSSR count). The van der Waals surface area contributed by atoms with Crippen LogP contribution in [0.5, 0.6) is 0 Å². The lowest BCUT2D eigenvalue weighted by molar-refractivity contribution is -0.136. The van der Waals surface area contributed by atoms with Crippen molar-refractivity contribution in [3.05, 3.63) is 34.5 Å². The summed E-state index contributed by atoms with van der Waals surface area (Å²) < 4.78 is 42.4. The molecule has 1 saturated heterocycles. The van der Waals surface area contributed by atoms with Crippen molar-refractivity contribution in [2.75, 3.05) is 37.2 Å². The van der Waals surface area contributed by atoms with Crippen LogP contribution in [0.15, 0.2) is 28.6 Å². The Morgan fingerprint density at radius 2 is 2.06 bits per heavy atom. The van der Waals surface area contributed by atoms with Crippen LogP contribution in [-0.4, -0.2) is 68.4 Å². The molecular weight excluding hydrogens is 501 g/mol. The van der Waals surface area contributed by atoms with Crippen LogP contribution in [0.4, 0.5) is 15.2 Å². The predicted molar refractivity (Wildman–Crippen MR) is 132 cm³/mol. The summed E-state index contributed by atoms with van der Waals surface area (Å²) in [5.74, 6) is -0.787. The predicted octanol–water partition coefficient (Wildman–Crippen LogP) is 3.87. The van der Waals surface area contributed by atoms with Crippen molar-refractivity contribution in [1.29, 1.82) is 0 Å². The van der Waals surface area contributed by atoms with Crippen molar-refractivity contribution in [2.24, 2.45) is 5.92 Å². The molecule has 2 aliphatic rings. The Kier molecular flexibility index (Phi) is 7.66. The van der Waals surface area contributed by atoms with Crippen molar-refractivity contribution in [3.63, 3.8) is 0 Å². The number of rotatable bonds is 7. The number of hydrogen-bond acceptors (Lipinski definition) is 7. The Morgan fingerprint density at radius 3 is 2.74 bits per heavy atom. The first-order valence-electron chi connectivity index (χ1n) is 11.3. The number of aromatic nitrogens is 1. The highest BCUT2D eigenvalue weighted by atomic mass is 35.5. The fourth-order valence-corrected chi connectivity index (χ4v) is 6.98. The Bertz CT molecular complexity index is 1130. The van der Waals surface area contributed by atoms with Crippen molar-refractivity contribution < 1.29 is 17.6 Å². The average Bonchev–Trinajstić information content (AvgIpc) is 3.46. The van der Waals surface area contributed by atoms with Gasteiger partial charge in [-0.05, 0) is 45.0 Å². The van der Waals surface area contributed by atoms with E-state index < -0.39 is 20.7 Å². The summed E-state index contributed by atoms with van der Waals surface area (Å²) in [6.45, 7) is 1.67. The first kappa shape index (κ1) is 25.2. The van der Waals surface area contributed by atoms with Crippen LogP contribution in [-0.2, 0) is 14.8 Å². The molecule has 1 amide bonds. The first-order chi connectivity index (χ1) is 16.2. The monoisotopic (exact) mass is 529 g/mol. The summed E-state index contributed by atoms with van der Waals surface area (Å²) in [5.41, 5.74) is 0.311. The quantitative estimate of drug-likeness (QED) is 0.565. The Labute approximate surface area is 208 Å². The number of anilines is 2. The number of carbonyl (C=O) groups is 1. The molecule has 1 saturated carbocycles. The highest BCUT2D eigenvalue weighted by molar-refractivity contribution is 7.93. The number of halogens is 2. The van der Waals surface area contributed by atoms with E-state index in [1.54, 1.807) is 5.38 Å². The van der Waals surface area contributed by atoms with Gasteiger partial charge in [-0.1, -0.05) is 24.4 Å². The summed E-state index contributed by atoms with van der Waals surface area (Å²) in [6, 6.07) is 2.05. The van der Waals surface area contributed by atoms with Gasteiger partial charge in [0.1, 0.15) is 10.7 Å². The molecule has 1 aromatic heterocycles. The lowest BCUT2D eigenvalue weighted by atomic mass is 9.88. The van der Waals surface area contributed by atoms with Gasteiger partial charge in [-0.3, -0.25) is 9.52 Å². The Balaban J connectivity index is 1.51. The van der Waals surface area contributed by atoms with E-state index >= 15 is 0 Å². The zero-order valence-corrected chi connectivity index (χ0v) is 21.5. The topological polar surface area (TPSA) is 94.6 Å². The van der Waals surface area contributed by atoms with E-state index in [1.165, 1.54) is 6.20 Å². The molecule has 186 valence electrons. The minimum atomic E-state index is -4.18. The summed E-state index contributed by atoms with van der Waals surface area (Å²) in [7, 11) is -0.322. The molecular formula is C22H29ClFN5O3S2. The molecule has 0 unspecified atom stereocenters. The van der Waals surface area contributed by atoms with Gasteiger partial charge in [0.2, 0.25) is 5.91 Å². The van der Waals surface area contributed by atoms with Crippen molar-refractivity contribution in [1.82, 2.24) is 14.8 Å². The molecule has 2 aromatic rings. The number of amides is 1. The number of nitrogens with zero attached hydrogens (tertiary/aromatic N) is 3. The van der Waals surface area contributed by atoms with E-state index in [4.69, 9.17) is 11.6 Å². The molecule has 1 aliphatic carbocycles. The highest BCUT2D eigenvalue weighted by Gasteiger charge is 2.36. The van der Waals surface area contributed by atoms with Crippen molar-refractivity contribution in [2.45, 2.75) is 49.1 Å². The molecule has 12 heteroatoms. The lowest BCUT2D eigenvalue weighted by Crippen LogP contribution is -2.51. The van der Waals surface area contributed by atoms with E-state index in [1.807, 2.05) is 19.0 Å². The fraction of sp³-hybridized carbons (Fsp3) is 0.545. The first-order valence-corrected chi connectivity index (χ1v) is 14.0. The van der Waals surface area contributed by atoms with Crippen molar-refractivity contribution in [3.8, 4) is 0 Å². The van der Waals surface area contributed by atoms with E-state index in [0.29, 0.717) is 5.69 Å². The van der Waals surface area contributed by atoms with Crippen molar-refractivity contribution >= 4 is 49.7 Å². The number of benzene rings is 1. The average molecular weight is 530 g/mol. The molecule has 1 aromatic carbocycles. The molecule has 0 radical (unpaired) electrons. The van der Waals surface area contributed by atoms with Gasteiger partial charge < -0.3 is 15.1 Å². The van der Waals surface area contributed by atoms with Gasteiger partial charge in [0, 0.05) is 31.2 Å². The summed E-state index contributed by atoms with van der Waals surface area (Å²) >= 11 is 7.49. The largest absolute Gasteiger partial charge is 0.379 e. The summed E-state index contributed by atoms with van der Waals surface area (Å²) in [5, 5.41) is 5.15. The van der Waals surface area contributed by atoms with Gasteiger partial charge in [-0.25, -0.2) is 17.8 Å². The number of likely N-dealkylation sites (tertiary alicyclic amines) is 1. The number of hydrogen-bond donors (Lipinski definition) is 2. The number of likely N-dealkylation sites (N-methyl/N-ethyl adjacent to an activating group) is 1. The SMILES string of the molecule is CN1CC[C@H](C(=O)N(C)[C@H]2CCCC[C@@H]2Nc2cc(F)c(S(=O)(=O)Nc3nccs3)cc2Cl)C1. The molecule has 3 atom stereocenters. The Morgan fingerprint density at radius 1 is 1.29 bits per heavy atom.